The molecule has 1 amide bonds. The lowest BCUT2D eigenvalue weighted by molar-refractivity contribution is 0.0695. The van der Waals surface area contributed by atoms with Crippen molar-refractivity contribution in [1.29, 1.82) is 0 Å². The summed E-state index contributed by atoms with van der Waals surface area (Å²) in [5, 5.41) is 2.72. The Labute approximate surface area is 94.6 Å². The fourth-order valence-electron chi connectivity index (χ4n) is 1.28. The molecule has 0 spiro atoms. The summed E-state index contributed by atoms with van der Waals surface area (Å²) in [7, 11) is 0. The quantitative estimate of drug-likeness (QED) is 0.832. The third-order valence-corrected chi connectivity index (χ3v) is 2.11. The molecule has 16 heavy (non-hydrogen) atoms. The van der Waals surface area contributed by atoms with Gasteiger partial charge in [0, 0.05) is 18.7 Å². The van der Waals surface area contributed by atoms with Crippen LogP contribution in [0.2, 0.25) is 0 Å². The van der Waals surface area contributed by atoms with Crippen LogP contribution in [0.3, 0.4) is 0 Å². The molecule has 3 nitrogen and oxygen atoms in total. The molecular weight excluding hydrogens is 209 g/mol. The van der Waals surface area contributed by atoms with Crippen molar-refractivity contribution in [3.63, 3.8) is 0 Å². The number of rotatable bonds is 5. The van der Waals surface area contributed by atoms with E-state index in [2.05, 4.69) is 5.32 Å². The Balaban J connectivity index is 2.43. The van der Waals surface area contributed by atoms with Crippen LogP contribution >= 0.6 is 0 Å². The molecule has 1 N–H and O–H groups in total. The van der Waals surface area contributed by atoms with Crippen molar-refractivity contribution in [2.24, 2.45) is 0 Å². The van der Waals surface area contributed by atoms with Crippen LogP contribution in [0.5, 0.6) is 0 Å². The lowest BCUT2D eigenvalue weighted by Gasteiger charge is -2.12. The lowest BCUT2D eigenvalue weighted by Crippen LogP contribution is -2.32. The van der Waals surface area contributed by atoms with E-state index in [1.54, 1.807) is 0 Å². The summed E-state index contributed by atoms with van der Waals surface area (Å²) in [5.41, 5.74) is 0.449. The Morgan fingerprint density at radius 2 is 2.06 bits per heavy atom. The largest absolute Gasteiger partial charge is 0.377 e. The van der Waals surface area contributed by atoms with Crippen molar-refractivity contribution in [2.45, 2.75) is 20.0 Å². The number of ether oxygens (including phenoxy) is 1. The third-order valence-electron chi connectivity index (χ3n) is 2.11. The molecule has 1 rings (SSSR count). The van der Waals surface area contributed by atoms with Gasteiger partial charge in [-0.1, -0.05) is 0 Å². The molecule has 1 atom stereocenters. The predicted molar refractivity (Wildman–Crippen MR) is 59.8 cm³/mol. The van der Waals surface area contributed by atoms with Crippen LogP contribution in [0.1, 0.15) is 24.2 Å². The molecule has 0 aliphatic heterocycles. The Hall–Kier alpha value is -1.42. The van der Waals surface area contributed by atoms with Crippen molar-refractivity contribution >= 4 is 5.91 Å². The van der Waals surface area contributed by atoms with E-state index in [1.807, 2.05) is 13.8 Å². The van der Waals surface area contributed by atoms with Crippen LogP contribution in [-0.4, -0.2) is 25.2 Å². The molecule has 0 fully saturated rings. The first-order valence-electron chi connectivity index (χ1n) is 5.29. The highest BCUT2D eigenvalue weighted by Crippen LogP contribution is 2.02. The van der Waals surface area contributed by atoms with Gasteiger partial charge >= 0.3 is 0 Å². The van der Waals surface area contributed by atoms with Crippen molar-refractivity contribution in [1.82, 2.24) is 5.32 Å². The van der Waals surface area contributed by atoms with Gasteiger partial charge in [-0.05, 0) is 38.1 Å². The summed E-state index contributed by atoms with van der Waals surface area (Å²) in [6, 6.07) is 5.44. The van der Waals surface area contributed by atoms with Gasteiger partial charge in [0.25, 0.3) is 5.91 Å². The second kappa shape index (κ2) is 6.23. The van der Waals surface area contributed by atoms with Crippen LogP contribution in [0, 0.1) is 5.82 Å². The molecule has 1 unspecified atom stereocenters. The minimum Gasteiger partial charge on any atom is -0.377 e. The Bertz CT molecular complexity index is 337. The van der Waals surface area contributed by atoms with E-state index in [4.69, 9.17) is 4.74 Å². The van der Waals surface area contributed by atoms with Gasteiger partial charge in [-0.15, -0.1) is 0 Å². The van der Waals surface area contributed by atoms with Crippen LogP contribution in [-0.2, 0) is 4.74 Å². The van der Waals surface area contributed by atoms with E-state index >= 15 is 0 Å². The molecule has 4 heteroatoms. The van der Waals surface area contributed by atoms with Gasteiger partial charge in [-0.25, -0.2) is 4.39 Å². The topological polar surface area (TPSA) is 38.3 Å². The van der Waals surface area contributed by atoms with E-state index in [0.717, 1.165) is 0 Å². The first-order valence-corrected chi connectivity index (χ1v) is 5.29. The molecule has 0 aromatic heterocycles. The van der Waals surface area contributed by atoms with E-state index < -0.39 is 0 Å². The molecule has 1 aromatic carbocycles. The Kier molecular flexibility index (Phi) is 4.92. The predicted octanol–water partition coefficient (Wildman–Crippen LogP) is 1.98. The van der Waals surface area contributed by atoms with Gasteiger partial charge in [-0.3, -0.25) is 4.79 Å². The number of carbonyl (C=O) groups excluding carboxylic acids is 1. The number of nitrogens with one attached hydrogen (secondary N) is 1. The first kappa shape index (κ1) is 12.6. The monoisotopic (exact) mass is 225 g/mol. The fourth-order valence-corrected chi connectivity index (χ4v) is 1.28. The van der Waals surface area contributed by atoms with Crippen molar-refractivity contribution in [3.8, 4) is 0 Å². The molecule has 0 bridgehead atoms. The molecule has 0 heterocycles. The molecule has 0 aliphatic rings. The molecule has 88 valence electrons. The number of benzene rings is 1. The van der Waals surface area contributed by atoms with E-state index in [9.17, 15) is 9.18 Å². The van der Waals surface area contributed by atoms with E-state index in [0.29, 0.717) is 18.7 Å². The van der Waals surface area contributed by atoms with Crippen molar-refractivity contribution in [3.05, 3.63) is 35.6 Å². The number of carbonyl (C=O) groups is 1. The minimum atomic E-state index is -0.348. The number of hydrogen-bond acceptors (Lipinski definition) is 2. The summed E-state index contributed by atoms with van der Waals surface area (Å²) >= 11 is 0. The van der Waals surface area contributed by atoms with Crippen molar-refractivity contribution < 1.29 is 13.9 Å². The molecule has 1 aromatic rings. The Morgan fingerprint density at radius 3 is 2.62 bits per heavy atom. The highest BCUT2D eigenvalue weighted by atomic mass is 19.1. The Morgan fingerprint density at radius 1 is 1.44 bits per heavy atom. The van der Waals surface area contributed by atoms with E-state index in [1.165, 1.54) is 24.3 Å². The highest BCUT2D eigenvalue weighted by Gasteiger charge is 2.07. The van der Waals surface area contributed by atoms with Gasteiger partial charge in [-0.2, -0.15) is 0 Å². The summed E-state index contributed by atoms with van der Waals surface area (Å²) < 4.78 is 17.9. The average molecular weight is 225 g/mol. The number of halogens is 1. The number of hydrogen-bond donors (Lipinski definition) is 1. The molecule has 0 aliphatic carbocycles. The summed E-state index contributed by atoms with van der Waals surface area (Å²) in [4.78, 5) is 11.6. The fraction of sp³-hybridized carbons (Fsp3) is 0.417. The van der Waals surface area contributed by atoms with Crippen molar-refractivity contribution in [2.75, 3.05) is 13.2 Å². The van der Waals surface area contributed by atoms with Gasteiger partial charge < -0.3 is 10.1 Å². The average Bonchev–Trinajstić information content (AvgIpc) is 2.27. The molecule has 0 saturated heterocycles. The maximum atomic E-state index is 12.6. The lowest BCUT2D eigenvalue weighted by atomic mass is 10.2. The standard InChI is InChI=1S/C12H16FNO2/c1-3-16-9(2)8-14-12(15)10-4-6-11(13)7-5-10/h4-7,9H,3,8H2,1-2H3,(H,14,15). The molecular formula is C12H16FNO2. The van der Waals surface area contributed by atoms with Crippen LogP contribution < -0.4 is 5.32 Å². The second-order valence-electron chi connectivity index (χ2n) is 3.48. The van der Waals surface area contributed by atoms with E-state index in [-0.39, 0.29) is 17.8 Å². The van der Waals surface area contributed by atoms with Gasteiger partial charge in [0.15, 0.2) is 0 Å². The zero-order valence-corrected chi connectivity index (χ0v) is 9.50. The highest BCUT2D eigenvalue weighted by molar-refractivity contribution is 5.94. The zero-order valence-electron chi connectivity index (χ0n) is 9.50. The van der Waals surface area contributed by atoms with Gasteiger partial charge in [0.1, 0.15) is 5.82 Å². The molecule has 0 radical (unpaired) electrons. The normalized spacial score (nSPS) is 12.2. The van der Waals surface area contributed by atoms with Crippen LogP contribution in [0.4, 0.5) is 4.39 Å². The minimum absolute atomic E-state index is 0.0191. The summed E-state index contributed by atoms with van der Waals surface area (Å²) in [6.45, 7) is 4.85. The van der Waals surface area contributed by atoms with Crippen LogP contribution in [0.25, 0.3) is 0 Å². The maximum absolute atomic E-state index is 12.6. The SMILES string of the molecule is CCOC(C)CNC(=O)c1ccc(F)cc1. The van der Waals surface area contributed by atoms with Gasteiger partial charge in [0.2, 0.25) is 0 Å². The van der Waals surface area contributed by atoms with Gasteiger partial charge in [0.05, 0.1) is 6.10 Å². The first-order chi connectivity index (χ1) is 7.63. The third kappa shape index (κ3) is 3.98. The number of amides is 1. The second-order valence-corrected chi connectivity index (χ2v) is 3.48. The summed E-state index contributed by atoms with van der Waals surface area (Å²) in [6.07, 6.45) is -0.0191. The maximum Gasteiger partial charge on any atom is 0.251 e. The summed E-state index contributed by atoms with van der Waals surface area (Å²) in [5.74, 6) is -0.564. The smallest absolute Gasteiger partial charge is 0.251 e. The van der Waals surface area contributed by atoms with Crippen LogP contribution in [0.15, 0.2) is 24.3 Å². The zero-order chi connectivity index (χ0) is 12.0. The molecule has 0 saturated carbocycles.